The first-order valence-electron chi connectivity index (χ1n) is 6.14. The fourth-order valence-corrected chi connectivity index (χ4v) is 3.44. The molecule has 11 heteroatoms. The van der Waals surface area contributed by atoms with Crippen LogP contribution in [0.25, 0.3) is 0 Å². The van der Waals surface area contributed by atoms with Crippen LogP contribution in [0, 0.1) is 6.92 Å². The molecule has 1 fully saturated rings. The summed E-state index contributed by atoms with van der Waals surface area (Å²) in [5.74, 6) is -1.07. The van der Waals surface area contributed by atoms with Crippen molar-refractivity contribution in [1.29, 1.82) is 0 Å². The Labute approximate surface area is 126 Å². The molecule has 0 atom stereocenters. The molecule has 1 aliphatic heterocycles. The minimum absolute atomic E-state index is 0.315. The van der Waals surface area contributed by atoms with Gasteiger partial charge in [0, 0.05) is 37.7 Å². The average molecular weight is 336 g/mol. The second kappa shape index (κ2) is 5.37. The van der Waals surface area contributed by atoms with Crippen LogP contribution in [0.1, 0.15) is 10.8 Å². The van der Waals surface area contributed by atoms with Crippen molar-refractivity contribution in [3.05, 3.63) is 10.8 Å². The van der Waals surface area contributed by atoms with E-state index in [1.807, 2.05) is 11.8 Å². The molecule has 0 spiro atoms. The predicted octanol–water partition coefficient (Wildman–Crippen LogP) is 2.04. The first kappa shape index (κ1) is 14.4. The Morgan fingerprint density at radius 3 is 2.10 bits per heavy atom. The molecule has 114 valence electrons. The first-order chi connectivity index (χ1) is 9.93. The van der Waals surface area contributed by atoms with Crippen LogP contribution in [-0.4, -0.2) is 45.7 Å². The van der Waals surface area contributed by atoms with Crippen LogP contribution in [0.3, 0.4) is 0 Å². The van der Waals surface area contributed by atoms with Gasteiger partial charge in [-0.2, -0.15) is 22.5 Å². The highest BCUT2D eigenvalue weighted by atomic mass is 32.1. The summed E-state index contributed by atoms with van der Waals surface area (Å²) in [5.41, 5.74) is 0. The molecule has 0 radical (unpaired) electrons. The number of hydrogen-bond donors (Lipinski definition) is 0. The molecule has 0 aromatic carbocycles. The zero-order valence-electron chi connectivity index (χ0n) is 11.0. The summed E-state index contributed by atoms with van der Waals surface area (Å²) < 4.78 is 40.9. The maximum absolute atomic E-state index is 12.5. The molecule has 0 unspecified atom stereocenters. The van der Waals surface area contributed by atoms with E-state index >= 15 is 0 Å². The molecule has 21 heavy (non-hydrogen) atoms. The van der Waals surface area contributed by atoms with E-state index in [1.54, 1.807) is 0 Å². The molecule has 6 nitrogen and oxygen atoms in total. The fourth-order valence-electron chi connectivity index (χ4n) is 1.96. The summed E-state index contributed by atoms with van der Waals surface area (Å²) >= 11 is 2.29. The Morgan fingerprint density at radius 2 is 1.62 bits per heavy atom. The summed E-state index contributed by atoms with van der Waals surface area (Å²) in [4.78, 5) is 7.46. The van der Waals surface area contributed by atoms with Crippen molar-refractivity contribution < 1.29 is 13.2 Å². The van der Waals surface area contributed by atoms with Crippen molar-refractivity contribution in [1.82, 2.24) is 19.6 Å². The number of hydrogen-bond acceptors (Lipinski definition) is 8. The third-order valence-corrected chi connectivity index (χ3v) is 4.68. The lowest BCUT2D eigenvalue weighted by Crippen LogP contribution is -2.46. The number of alkyl halides is 3. The summed E-state index contributed by atoms with van der Waals surface area (Å²) in [5, 5.41) is 10.1. The van der Waals surface area contributed by atoms with E-state index in [1.165, 1.54) is 11.3 Å². The summed E-state index contributed by atoms with van der Waals surface area (Å²) in [6.45, 7) is 4.42. The molecule has 0 aliphatic carbocycles. The van der Waals surface area contributed by atoms with Crippen molar-refractivity contribution in [3.8, 4) is 0 Å². The van der Waals surface area contributed by atoms with Crippen LogP contribution in [0.15, 0.2) is 0 Å². The lowest BCUT2D eigenvalue weighted by molar-refractivity contribution is -0.144. The molecule has 0 bridgehead atoms. The maximum atomic E-state index is 12.5. The van der Waals surface area contributed by atoms with E-state index in [2.05, 4.69) is 24.5 Å². The molecular weight excluding hydrogens is 325 g/mol. The molecule has 0 amide bonds. The Morgan fingerprint density at radius 1 is 1.00 bits per heavy atom. The van der Waals surface area contributed by atoms with Gasteiger partial charge in [0.2, 0.25) is 16.1 Å². The van der Waals surface area contributed by atoms with E-state index in [0.717, 1.165) is 21.7 Å². The molecule has 3 heterocycles. The standard InChI is InChI=1S/C10H11F3N6S2/c1-6-15-16-9(20-6)19-4-2-18(3-5-19)8-14-7(17-21-8)10(11,12)13/h2-5H2,1H3. The quantitative estimate of drug-likeness (QED) is 0.836. The zero-order valence-corrected chi connectivity index (χ0v) is 12.6. The Kier molecular flexibility index (Phi) is 3.69. The average Bonchev–Trinajstić information content (AvgIpc) is 3.07. The van der Waals surface area contributed by atoms with Gasteiger partial charge < -0.3 is 9.80 Å². The monoisotopic (exact) mass is 336 g/mol. The SMILES string of the molecule is Cc1nnc(N2CCN(c3nc(C(F)(F)F)ns3)CC2)s1. The number of halogens is 3. The van der Waals surface area contributed by atoms with E-state index in [9.17, 15) is 13.2 Å². The minimum Gasteiger partial charge on any atom is -0.343 e. The van der Waals surface area contributed by atoms with Gasteiger partial charge in [-0.05, 0) is 6.92 Å². The largest absolute Gasteiger partial charge is 0.452 e. The summed E-state index contributed by atoms with van der Waals surface area (Å²) in [6, 6.07) is 0. The van der Waals surface area contributed by atoms with Crippen LogP contribution in [0.4, 0.5) is 23.4 Å². The Balaban J connectivity index is 1.64. The van der Waals surface area contributed by atoms with E-state index in [4.69, 9.17) is 0 Å². The second-order valence-corrected chi connectivity index (χ2v) is 6.37. The normalized spacial score (nSPS) is 16.6. The van der Waals surface area contributed by atoms with Gasteiger partial charge >= 0.3 is 6.18 Å². The predicted molar refractivity (Wildman–Crippen MR) is 74.0 cm³/mol. The molecule has 1 saturated heterocycles. The third kappa shape index (κ3) is 3.07. The van der Waals surface area contributed by atoms with Gasteiger partial charge in [-0.3, -0.25) is 0 Å². The zero-order chi connectivity index (χ0) is 15.0. The van der Waals surface area contributed by atoms with Crippen molar-refractivity contribution >= 4 is 33.1 Å². The molecule has 2 aromatic rings. The highest BCUT2D eigenvalue weighted by molar-refractivity contribution is 7.15. The number of nitrogens with zero attached hydrogens (tertiary/aromatic N) is 6. The van der Waals surface area contributed by atoms with Crippen molar-refractivity contribution in [2.45, 2.75) is 13.1 Å². The van der Waals surface area contributed by atoms with Gasteiger partial charge in [0.1, 0.15) is 5.01 Å². The van der Waals surface area contributed by atoms with Crippen LogP contribution in [0.2, 0.25) is 0 Å². The minimum atomic E-state index is -4.49. The molecule has 3 rings (SSSR count). The topological polar surface area (TPSA) is 58.0 Å². The molecule has 1 aliphatic rings. The number of aryl methyl sites for hydroxylation is 1. The van der Waals surface area contributed by atoms with E-state index in [-0.39, 0.29) is 0 Å². The van der Waals surface area contributed by atoms with Gasteiger partial charge in [-0.15, -0.1) is 10.2 Å². The van der Waals surface area contributed by atoms with Crippen LogP contribution in [0.5, 0.6) is 0 Å². The van der Waals surface area contributed by atoms with Gasteiger partial charge in [0.05, 0.1) is 0 Å². The molecule has 2 aromatic heterocycles. The Hall–Kier alpha value is -1.49. The maximum Gasteiger partial charge on any atom is 0.452 e. The van der Waals surface area contributed by atoms with E-state index < -0.39 is 12.0 Å². The molecular formula is C10H11F3N6S2. The number of anilines is 2. The smallest absolute Gasteiger partial charge is 0.343 e. The highest BCUT2D eigenvalue weighted by Gasteiger charge is 2.37. The van der Waals surface area contributed by atoms with Gasteiger partial charge in [-0.1, -0.05) is 11.3 Å². The first-order valence-corrected chi connectivity index (χ1v) is 7.73. The fraction of sp³-hybridized carbons (Fsp3) is 0.600. The van der Waals surface area contributed by atoms with Crippen LogP contribution < -0.4 is 9.80 Å². The molecule has 0 N–H and O–H groups in total. The van der Waals surface area contributed by atoms with Crippen molar-refractivity contribution in [2.75, 3.05) is 36.0 Å². The Bertz CT molecular complexity index is 616. The van der Waals surface area contributed by atoms with Crippen molar-refractivity contribution in [3.63, 3.8) is 0 Å². The molecule has 0 saturated carbocycles. The highest BCUT2D eigenvalue weighted by Crippen LogP contribution is 2.31. The second-order valence-electron chi connectivity index (χ2n) is 4.48. The number of aromatic nitrogens is 4. The van der Waals surface area contributed by atoms with Gasteiger partial charge in [0.25, 0.3) is 0 Å². The van der Waals surface area contributed by atoms with Crippen LogP contribution >= 0.6 is 22.9 Å². The van der Waals surface area contributed by atoms with Crippen molar-refractivity contribution in [2.24, 2.45) is 0 Å². The van der Waals surface area contributed by atoms with Gasteiger partial charge in [0.15, 0.2) is 0 Å². The summed E-state index contributed by atoms with van der Waals surface area (Å²) in [6.07, 6.45) is -4.49. The summed E-state index contributed by atoms with van der Waals surface area (Å²) in [7, 11) is 0. The third-order valence-electron chi connectivity index (χ3n) is 3.00. The van der Waals surface area contributed by atoms with E-state index in [0.29, 0.717) is 31.3 Å². The number of rotatable bonds is 2. The van der Waals surface area contributed by atoms with Crippen LogP contribution in [-0.2, 0) is 6.18 Å². The number of piperazine rings is 1. The lowest BCUT2D eigenvalue weighted by atomic mass is 10.3. The lowest BCUT2D eigenvalue weighted by Gasteiger charge is -2.33. The van der Waals surface area contributed by atoms with Gasteiger partial charge in [-0.25, -0.2) is 0 Å².